The molecule has 0 bridgehead atoms. The van der Waals surface area contributed by atoms with Gasteiger partial charge < -0.3 is 0 Å². The molecule has 0 saturated heterocycles. The fourth-order valence-corrected chi connectivity index (χ4v) is 5.51. The van der Waals surface area contributed by atoms with Crippen LogP contribution in [0.4, 0.5) is 13.2 Å². The van der Waals surface area contributed by atoms with Crippen molar-refractivity contribution < 1.29 is 13.2 Å². The summed E-state index contributed by atoms with van der Waals surface area (Å²) in [5.41, 5.74) is 2.94. The van der Waals surface area contributed by atoms with Crippen LogP contribution in [0.3, 0.4) is 0 Å². The van der Waals surface area contributed by atoms with Crippen LogP contribution in [-0.4, -0.2) is 0 Å². The van der Waals surface area contributed by atoms with E-state index in [0.717, 1.165) is 69.3 Å². The molecule has 0 N–H and O–H groups in total. The van der Waals surface area contributed by atoms with Crippen LogP contribution in [-0.2, 0) is 0 Å². The van der Waals surface area contributed by atoms with Gasteiger partial charge in [-0.25, -0.2) is 13.2 Å². The third kappa shape index (κ3) is 6.18. The molecule has 2 aromatic rings. The maximum absolute atomic E-state index is 15.0. The van der Waals surface area contributed by atoms with Crippen molar-refractivity contribution in [2.24, 2.45) is 11.8 Å². The second kappa shape index (κ2) is 11.9. The second-order valence-corrected chi connectivity index (χ2v) is 10.2. The van der Waals surface area contributed by atoms with Gasteiger partial charge in [0.15, 0.2) is 11.6 Å². The standard InChI is InChI=1S/C32H37F3/c1-3-5-6-24-12-18-27(30(33)21-24)17-11-23-9-15-26(16-10-23)29-20-19-28(31(34)32(29)35)25-13-7-22(4-2)8-14-25/h9-11,15-22,24-25H,3-8,12-14H2,1-2H3/b17-11+. The molecular formula is C32H37F3. The van der Waals surface area contributed by atoms with E-state index in [2.05, 4.69) is 13.8 Å². The van der Waals surface area contributed by atoms with Gasteiger partial charge in [-0.1, -0.05) is 87.7 Å². The monoisotopic (exact) mass is 478 g/mol. The number of halogens is 3. The van der Waals surface area contributed by atoms with Crippen molar-refractivity contribution in [2.45, 2.75) is 77.6 Å². The van der Waals surface area contributed by atoms with Crippen LogP contribution in [0.25, 0.3) is 17.2 Å². The van der Waals surface area contributed by atoms with Gasteiger partial charge in [0.2, 0.25) is 0 Å². The minimum Gasteiger partial charge on any atom is -0.207 e. The first kappa shape index (κ1) is 25.5. The predicted molar refractivity (Wildman–Crippen MR) is 141 cm³/mol. The van der Waals surface area contributed by atoms with E-state index in [0.29, 0.717) is 22.6 Å². The van der Waals surface area contributed by atoms with Gasteiger partial charge in [-0.2, -0.15) is 0 Å². The van der Waals surface area contributed by atoms with Crippen LogP contribution < -0.4 is 0 Å². The van der Waals surface area contributed by atoms with Crippen LogP contribution in [0.1, 0.15) is 88.7 Å². The minimum atomic E-state index is -0.763. The van der Waals surface area contributed by atoms with Gasteiger partial charge in [-0.3, -0.25) is 0 Å². The number of benzene rings is 2. The van der Waals surface area contributed by atoms with Gasteiger partial charge in [0.1, 0.15) is 5.83 Å². The van der Waals surface area contributed by atoms with Gasteiger partial charge in [0.25, 0.3) is 0 Å². The molecule has 2 aliphatic carbocycles. The van der Waals surface area contributed by atoms with Gasteiger partial charge in [0, 0.05) is 11.1 Å². The number of hydrogen-bond donors (Lipinski definition) is 0. The molecule has 2 aromatic carbocycles. The molecule has 3 heteroatoms. The highest BCUT2D eigenvalue weighted by atomic mass is 19.2. The van der Waals surface area contributed by atoms with Crippen LogP contribution in [0, 0.1) is 23.5 Å². The molecule has 1 atom stereocenters. The number of rotatable bonds is 8. The lowest BCUT2D eigenvalue weighted by Crippen LogP contribution is -2.14. The van der Waals surface area contributed by atoms with E-state index >= 15 is 8.78 Å². The average Bonchev–Trinajstić information content (AvgIpc) is 2.89. The van der Waals surface area contributed by atoms with Crippen molar-refractivity contribution in [1.82, 2.24) is 0 Å². The highest BCUT2D eigenvalue weighted by Crippen LogP contribution is 2.39. The molecule has 2 aliphatic rings. The molecule has 0 amide bonds. The zero-order valence-electron chi connectivity index (χ0n) is 21.0. The van der Waals surface area contributed by atoms with Crippen molar-refractivity contribution in [3.05, 3.63) is 88.8 Å². The molecule has 0 nitrogen and oxygen atoms in total. The van der Waals surface area contributed by atoms with E-state index in [1.165, 1.54) is 0 Å². The first-order valence-electron chi connectivity index (χ1n) is 13.3. The first-order valence-corrected chi connectivity index (χ1v) is 13.3. The summed E-state index contributed by atoms with van der Waals surface area (Å²) in [5.74, 6) is -0.504. The molecule has 0 spiro atoms. The maximum Gasteiger partial charge on any atom is 0.166 e. The lowest BCUT2D eigenvalue weighted by molar-refractivity contribution is 0.312. The summed E-state index contributed by atoms with van der Waals surface area (Å²) < 4.78 is 44.5. The van der Waals surface area contributed by atoms with Gasteiger partial charge in [-0.15, -0.1) is 0 Å². The number of hydrogen-bond acceptors (Lipinski definition) is 0. The average molecular weight is 479 g/mol. The molecule has 186 valence electrons. The molecule has 1 unspecified atom stereocenters. The lowest BCUT2D eigenvalue weighted by atomic mass is 9.77. The number of unbranched alkanes of at least 4 members (excludes halogenated alkanes) is 1. The molecule has 0 heterocycles. The quantitative estimate of drug-likeness (QED) is 0.354. The Morgan fingerprint density at radius 1 is 0.857 bits per heavy atom. The van der Waals surface area contributed by atoms with Gasteiger partial charge >= 0.3 is 0 Å². The summed E-state index contributed by atoms with van der Waals surface area (Å²) in [7, 11) is 0. The zero-order chi connectivity index (χ0) is 24.8. The Labute approximate surface area is 208 Å². The fraction of sp³-hybridized carbons (Fsp3) is 0.438. The highest BCUT2D eigenvalue weighted by Gasteiger charge is 2.26. The van der Waals surface area contributed by atoms with Crippen molar-refractivity contribution in [1.29, 1.82) is 0 Å². The summed E-state index contributed by atoms with van der Waals surface area (Å²) in [5, 5.41) is 0. The zero-order valence-corrected chi connectivity index (χ0v) is 21.0. The minimum absolute atomic E-state index is 0.110. The molecule has 0 aliphatic heterocycles. The van der Waals surface area contributed by atoms with E-state index in [1.54, 1.807) is 36.4 Å². The smallest absolute Gasteiger partial charge is 0.166 e. The Hall–Kier alpha value is -2.55. The fourth-order valence-electron chi connectivity index (χ4n) is 5.51. The van der Waals surface area contributed by atoms with E-state index in [4.69, 9.17) is 0 Å². The topological polar surface area (TPSA) is 0 Å². The van der Waals surface area contributed by atoms with Crippen LogP contribution in [0.15, 0.2) is 66.0 Å². The lowest BCUT2D eigenvalue weighted by Gasteiger charge is -2.28. The summed E-state index contributed by atoms with van der Waals surface area (Å²) in [6.07, 6.45) is 16.7. The maximum atomic E-state index is 15.0. The van der Waals surface area contributed by atoms with Crippen molar-refractivity contribution in [3.8, 4) is 11.1 Å². The SMILES string of the molecule is CCCCC1C=C(F)C(/C=C/c2ccc(-c3ccc(C4CCC(CC)CC4)c(F)c3F)cc2)=CC1. The molecule has 35 heavy (non-hydrogen) atoms. The van der Waals surface area contributed by atoms with Crippen molar-refractivity contribution in [3.63, 3.8) is 0 Å². The molecular weight excluding hydrogens is 441 g/mol. The summed E-state index contributed by atoms with van der Waals surface area (Å²) >= 11 is 0. The van der Waals surface area contributed by atoms with Crippen molar-refractivity contribution >= 4 is 6.08 Å². The van der Waals surface area contributed by atoms with Crippen LogP contribution in [0.5, 0.6) is 0 Å². The van der Waals surface area contributed by atoms with Gasteiger partial charge in [0.05, 0.1) is 0 Å². The molecule has 4 rings (SSSR count). The molecule has 1 fully saturated rings. The Morgan fingerprint density at radius 3 is 2.26 bits per heavy atom. The highest BCUT2D eigenvalue weighted by molar-refractivity contribution is 5.67. The summed E-state index contributed by atoms with van der Waals surface area (Å²) in [6.45, 7) is 4.35. The normalized spacial score (nSPS) is 22.8. The molecule has 1 saturated carbocycles. The molecule has 0 aromatic heterocycles. The Bertz CT molecular complexity index is 1080. The Kier molecular flexibility index (Phi) is 8.70. The Balaban J connectivity index is 1.43. The van der Waals surface area contributed by atoms with E-state index in [-0.39, 0.29) is 17.3 Å². The van der Waals surface area contributed by atoms with Crippen LogP contribution >= 0.6 is 0 Å². The Morgan fingerprint density at radius 2 is 1.60 bits per heavy atom. The third-order valence-corrected chi connectivity index (χ3v) is 7.88. The summed E-state index contributed by atoms with van der Waals surface area (Å²) in [4.78, 5) is 0. The molecule has 0 radical (unpaired) electrons. The number of allylic oxidation sites excluding steroid dienone is 5. The van der Waals surface area contributed by atoms with Crippen molar-refractivity contribution in [2.75, 3.05) is 0 Å². The van der Waals surface area contributed by atoms with Crippen LogP contribution in [0.2, 0.25) is 0 Å². The van der Waals surface area contributed by atoms with E-state index in [1.807, 2.05) is 24.3 Å². The first-order chi connectivity index (χ1) is 17.0. The predicted octanol–water partition coefficient (Wildman–Crippen LogP) is 10.3. The van der Waals surface area contributed by atoms with E-state index < -0.39 is 11.6 Å². The largest absolute Gasteiger partial charge is 0.207 e. The third-order valence-electron chi connectivity index (χ3n) is 7.88. The van der Waals surface area contributed by atoms with Gasteiger partial charge in [-0.05, 0) is 79.0 Å². The van der Waals surface area contributed by atoms with E-state index in [9.17, 15) is 4.39 Å². The summed E-state index contributed by atoms with van der Waals surface area (Å²) in [6, 6.07) is 10.8. The second-order valence-electron chi connectivity index (χ2n) is 10.2.